The molecule has 3 heterocycles. The minimum atomic E-state index is -0.0834. The fourth-order valence-corrected chi connectivity index (χ4v) is 3.50. The van der Waals surface area contributed by atoms with Crippen molar-refractivity contribution < 1.29 is 14.3 Å². The van der Waals surface area contributed by atoms with E-state index < -0.39 is 0 Å². The van der Waals surface area contributed by atoms with Gasteiger partial charge in [-0.05, 0) is 44.5 Å². The average molecular weight is 372 g/mol. The molecule has 0 unspecified atom stereocenters. The Morgan fingerprint density at radius 1 is 1.37 bits per heavy atom. The first-order chi connectivity index (χ1) is 13.1. The van der Waals surface area contributed by atoms with Gasteiger partial charge in [0, 0.05) is 50.6 Å². The monoisotopic (exact) mass is 372 g/mol. The quantitative estimate of drug-likeness (QED) is 0.771. The Balaban J connectivity index is 1.70. The lowest BCUT2D eigenvalue weighted by Crippen LogP contribution is -2.53. The number of hydrogen-bond donors (Lipinski definition) is 2. The predicted molar refractivity (Wildman–Crippen MR) is 104 cm³/mol. The van der Waals surface area contributed by atoms with E-state index in [1.54, 1.807) is 12.3 Å². The van der Waals surface area contributed by atoms with Crippen LogP contribution in [0.2, 0.25) is 0 Å². The van der Waals surface area contributed by atoms with Gasteiger partial charge in [0.2, 0.25) is 0 Å². The number of piperazine rings is 1. The normalized spacial score (nSPS) is 17.9. The van der Waals surface area contributed by atoms with Crippen molar-refractivity contribution in [3.05, 3.63) is 47.5 Å². The molecule has 1 atom stereocenters. The van der Waals surface area contributed by atoms with Gasteiger partial charge in [-0.2, -0.15) is 0 Å². The highest BCUT2D eigenvalue weighted by atomic mass is 16.3. The van der Waals surface area contributed by atoms with Crippen LogP contribution >= 0.6 is 0 Å². The second-order valence-corrected chi connectivity index (χ2v) is 6.86. The molecule has 1 aliphatic rings. The van der Waals surface area contributed by atoms with Gasteiger partial charge >= 0.3 is 0 Å². The van der Waals surface area contributed by atoms with E-state index in [0.717, 1.165) is 43.5 Å². The van der Waals surface area contributed by atoms with Crippen LogP contribution in [-0.4, -0.2) is 59.7 Å². The topological polar surface area (TPSA) is 81.8 Å². The maximum absolute atomic E-state index is 12.1. The Kier molecular flexibility index (Phi) is 6.47. The van der Waals surface area contributed by atoms with Crippen LogP contribution in [0.15, 0.2) is 34.9 Å². The molecule has 0 aromatic carbocycles. The summed E-state index contributed by atoms with van der Waals surface area (Å²) in [6.07, 6.45) is 2.37. The predicted octanol–water partition coefficient (Wildman–Crippen LogP) is 1.81. The van der Waals surface area contributed by atoms with Crippen LogP contribution in [0.25, 0.3) is 0 Å². The number of hydrogen-bond acceptors (Lipinski definition) is 6. The number of carbonyl (C=O) groups excluding carboxylic acids is 1. The first-order valence-corrected chi connectivity index (χ1v) is 9.50. The standard InChI is InChI=1S/C20H28N4O3/c1-3-21-20(26)16-6-8-22-19(12-16)24-10-9-23(17(13-24)7-11-25)14-18-5-4-15(2)27-18/h4-6,8,12,17,25H,3,7,9-11,13-14H2,1-2H3,(H,21,26)/t17-/m1/s1. The second-order valence-electron chi connectivity index (χ2n) is 6.86. The van der Waals surface area contributed by atoms with Crippen molar-refractivity contribution in [2.24, 2.45) is 0 Å². The van der Waals surface area contributed by atoms with E-state index in [1.165, 1.54) is 0 Å². The van der Waals surface area contributed by atoms with Gasteiger partial charge < -0.3 is 19.7 Å². The number of nitrogens with zero attached hydrogens (tertiary/aromatic N) is 3. The number of aliphatic hydroxyl groups excluding tert-OH is 1. The molecule has 2 aromatic heterocycles. The van der Waals surface area contributed by atoms with Crippen LogP contribution in [0.5, 0.6) is 0 Å². The Bertz CT molecular complexity index is 761. The van der Waals surface area contributed by atoms with Crippen LogP contribution in [0.4, 0.5) is 5.82 Å². The molecule has 2 aromatic rings. The molecule has 7 heteroatoms. The van der Waals surface area contributed by atoms with Gasteiger partial charge in [0.1, 0.15) is 17.3 Å². The van der Waals surface area contributed by atoms with Crippen LogP contribution in [0.3, 0.4) is 0 Å². The van der Waals surface area contributed by atoms with Crippen molar-refractivity contribution in [3.8, 4) is 0 Å². The SMILES string of the molecule is CCNC(=O)c1ccnc(N2CCN(Cc3ccc(C)o3)[C@H](CCO)C2)c1. The number of amides is 1. The molecular formula is C20H28N4O3. The molecule has 146 valence electrons. The fraction of sp³-hybridized carbons (Fsp3) is 0.500. The van der Waals surface area contributed by atoms with Gasteiger partial charge in [-0.25, -0.2) is 4.98 Å². The summed E-state index contributed by atoms with van der Waals surface area (Å²) in [6.45, 7) is 7.73. The van der Waals surface area contributed by atoms with Crippen LogP contribution in [0.1, 0.15) is 35.2 Å². The lowest BCUT2D eigenvalue weighted by molar-refractivity contribution is 0.0955. The van der Waals surface area contributed by atoms with E-state index in [0.29, 0.717) is 18.5 Å². The van der Waals surface area contributed by atoms with Crippen molar-refractivity contribution >= 4 is 11.7 Å². The summed E-state index contributed by atoms with van der Waals surface area (Å²) in [5.74, 6) is 2.57. The number of rotatable bonds is 7. The van der Waals surface area contributed by atoms with Crippen molar-refractivity contribution in [1.29, 1.82) is 0 Å². The molecule has 0 bridgehead atoms. The average Bonchev–Trinajstić information content (AvgIpc) is 3.08. The van der Waals surface area contributed by atoms with Crippen molar-refractivity contribution in [2.45, 2.75) is 32.9 Å². The summed E-state index contributed by atoms with van der Waals surface area (Å²) in [5.41, 5.74) is 0.619. The number of aryl methyl sites for hydroxylation is 1. The lowest BCUT2D eigenvalue weighted by atomic mass is 10.1. The Morgan fingerprint density at radius 3 is 2.93 bits per heavy atom. The number of furan rings is 1. The third kappa shape index (κ3) is 4.87. The third-order valence-electron chi connectivity index (χ3n) is 4.89. The minimum Gasteiger partial charge on any atom is -0.465 e. The molecule has 1 aliphatic heterocycles. The first kappa shape index (κ1) is 19.4. The molecule has 1 amide bonds. The number of nitrogens with one attached hydrogen (secondary N) is 1. The van der Waals surface area contributed by atoms with E-state index in [1.807, 2.05) is 32.0 Å². The molecular weight excluding hydrogens is 344 g/mol. The van der Waals surface area contributed by atoms with Crippen molar-refractivity contribution in [2.75, 3.05) is 37.7 Å². The number of aliphatic hydroxyl groups is 1. The largest absolute Gasteiger partial charge is 0.465 e. The summed E-state index contributed by atoms with van der Waals surface area (Å²) in [6, 6.07) is 7.75. The zero-order chi connectivity index (χ0) is 19.2. The van der Waals surface area contributed by atoms with Crippen LogP contribution in [0, 0.1) is 6.92 Å². The first-order valence-electron chi connectivity index (χ1n) is 9.50. The summed E-state index contributed by atoms with van der Waals surface area (Å²) >= 11 is 0. The minimum absolute atomic E-state index is 0.0834. The number of aromatic nitrogens is 1. The highest BCUT2D eigenvalue weighted by Gasteiger charge is 2.28. The van der Waals surface area contributed by atoms with Gasteiger partial charge in [0.25, 0.3) is 5.91 Å². The van der Waals surface area contributed by atoms with Gasteiger partial charge in [-0.3, -0.25) is 9.69 Å². The van der Waals surface area contributed by atoms with E-state index in [4.69, 9.17) is 4.42 Å². The molecule has 0 saturated carbocycles. The van der Waals surface area contributed by atoms with E-state index in [2.05, 4.69) is 20.1 Å². The van der Waals surface area contributed by atoms with E-state index >= 15 is 0 Å². The molecule has 3 rings (SSSR count). The smallest absolute Gasteiger partial charge is 0.251 e. The van der Waals surface area contributed by atoms with E-state index in [9.17, 15) is 9.90 Å². The highest BCUT2D eigenvalue weighted by Crippen LogP contribution is 2.22. The molecule has 1 fully saturated rings. The van der Waals surface area contributed by atoms with Crippen LogP contribution in [-0.2, 0) is 6.54 Å². The van der Waals surface area contributed by atoms with Gasteiger partial charge in [0.05, 0.1) is 6.54 Å². The number of anilines is 1. The van der Waals surface area contributed by atoms with Crippen molar-refractivity contribution in [3.63, 3.8) is 0 Å². The Hall–Kier alpha value is -2.38. The lowest BCUT2D eigenvalue weighted by Gasteiger charge is -2.41. The highest BCUT2D eigenvalue weighted by molar-refractivity contribution is 5.94. The molecule has 2 N–H and O–H groups in total. The maximum atomic E-state index is 12.1. The zero-order valence-electron chi connectivity index (χ0n) is 16.0. The van der Waals surface area contributed by atoms with Crippen molar-refractivity contribution in [1.82, 2.24) is 15.2 Å². The fourth-order valence-electron chi connectivity index (χ4n) is 3.50. The molecule has 0 aliphatic carbocycles. The van der Waals surface area contributed by atoms with Gasteiger partial charge in [-0.1, -0.05) is 0 Å². The Labute approximate surface area is 160 Å². The molecule has 0 radical (unpaired) electrons. The summed E-state index contributed by atoms with van der Waals surface area (Å²) in [4.78, 5) is 21.1. The molecule has 0 spiro atoms. The van der Waals surface area contributed by atoms with Gasteiger partial charge in [-0.15, -0.1) is 0 Å². The molecule has 27 heavy (non-hydrogen) atoms. The van der Waals surface area contributed by atoms with E-state index in [-0.39, 0.29) is 18.6 Å². The number of pyridine rings is 1. The Morgan fingerprint density at radius 2 is 2.22 bits per heavy atom. The summed E-state index contributed by atoms with van der Waals surface area (Å²) < 4.78 is 5.71. The second kappa shape index (κ2) is 9.01. The third-order valence-corrected chi connectivity index (χ3v) is 4.89. The maximum Gasteiger partial charge on any atom is 0.251 e. The molecule has 1 saturated heterocycles. The van der Waals surface area contributed by atoms with Gasteiger partial charge in [0.15, 0.2) is 0 Å². The summed E-state index contributed by atoms with van der Waals surface area (Å²) in [7, 11) is 0. The molecule has 7 nitrogen and oxygen atoms in total. The zero-order valence-corrected chi connectivity index (χ0v) is 16.0. The van der Waals surface area contributed by atoms with Crippen LogP contribution < -0.4 is 10.2 Å². The number of carbonyl (C=O) groups is 1. The summed E-state index contributed by atoms with van der Waals surface area (Å²) in [5, 5.41) is 12.3.